The zero-order valence-corrected chi connectivity index (χ0v) is 6.19. The third kappa shape index (κ3) is 2.39. The molecule has 0 aliphatic heterocycles. The van der Waals surface area contributed by atoms with E-state index in [-0.39, 0.29) is 12.2 Å². The molecule has 0 atom stereocenters. The molecule has 1 N–H and O–H groups in total. The lowest BCUT2D eigenvalue weighted by molar-refractivity contribution is -0.107. The fourth-order valence-electron chi connectivity index (χ4n) is 0.558. The monoisotopic (exact) mass is 162 g/mol. The summed E-state index contributed by atoms with van der Waals surface area (Å²) in [5.74, 6) is 5.40. The molecule has 1 aromatic heterocycles. The van der Waals surface area contributed by atoms with Crippen LogP contribution in [0.15, 0.2) is 12.4 Å². The molecule has 1 rings (SSSR count). The summed E-state index contributed by atoms with van der Waals surface area (Å²) in [6, 6.07) is 0. The molecule has 0 bridgehead atoms. The van der Waals surface area contributed by atoms with Gasteiger partial charge in [-0.1, -0.05) is 5.92 Å². The molecule has 0 amide bonds. The zero-order chi connectivity index (χ0) is 8.81. The summed E-state index contributed by atoms with van der Waals surface area (Å²) in [7, 11) is 0. The molecular formula is C8H6N2O2. The summed E-state index contributed by atoms with van der Waals surface area (Å²) in [4.78, 5) is 17.3. The molecule has 0 aromatic carbocycles. The van der Waals surface area contributed by atoms with Crippen molar-refractivity contribution in [1.82, 2.24) is 9.97 Å². The van der Waals surface area contributed by atoms with Crippen LogP contribution in [-0.2, 0) is 4.79 Å². The molecule has 0 saturated carbocycles. The highest BCUT2D eigenvalue weighted by Crippen LogP contribution is 2.00. The molecule has 0 aliphatic rings. The van der Waals surface area contributed by atoms with Gasteiger partial charge in [0.05, 0.1) is 18.8 Å². The third-order valence-electron chi connectivity index (χ3n) is 1.02. The normalized spacial score (nSPS) is 8.33. The Labute approximate surface area is 69.3 Å². The van der Waals surface area contributed by atoms with Gasteiger partial charge in [-0.2, -0.15) is 0 Å². The molecule has 1 aromatic rings. The van der Waals surface area contributed by atoms with Crippen molar-refractivity contribution in [1.29, 1.82) is 0 Å². The first-order valence-corrected chi connectivity index (χ1v) is 3.26. The van der Waals surface area contributed by atoms with Crippen molar-refractivity contribution in [3.8, 4) is 17.6 Å². The van der Waals surface area contributed by atoms with Crippen molar-refractivity contribution < 1.29 is 9.90 Å². The molecular weight excluding hydrogens is 156 g/mol. The Kier molecular flexibility index (Phi) is 2.79. The topological polar surface area (TPSA) is 63.1 Å². The largest absolute Gasteiger partial charge is 0.505 e. The van der Waals surface area contributed by atoms with Crippen molar-refractivity contribution >= 4 is 6.29 Å². The fraction of sp³-hybridized carbons (Fsp3) is 0.125. The summed E-state index contributed by atoms with van der Waals surface area (Å²) in [5.41, 5.74) is 0. The average Bonchev–Trinajstić information content (AvgIpc) is 2.09. The second kappa shape index (κ2) is 4.09. The van der Waals surface area contributed by atoms with Crippen LogP contribution >= 0.6 is 0 Å². The van der Waals surface area contributed by atoms with E-state index in [9.17, 15) is 4.79 Å². The predicted molar refractivity (Wildman–Crippen MR) is 41.3 cm³/mol. The van der Waals surface area contributed by atoms with E-state index in [4.69, 9.17) is 5.11 Å². The van der Waals surface area contributed by atoms with Gasteiger partial charge in [-0.3, -0.25) is 0 Å². The molecule has 4 nitrogen and oxygen atoms in total. The van der Waals surface area contributed by atoms with Crippen molar-refractivity contribution in [3.05, 3.63) is 18.2 Å². The van der Waals surface area contributed by atoms with Gasteiger partial charge >= 0.3 is 0 Å². The number of carbonyl (C=O) groups is 1. The fourth-order valence-corrected chi connectivity index (χ4v) is 0.558. The first kappa shape index (κ1) is 8.21. The smallest absolute Gasteiger partial charge is 0.205 e. The minimum Gasteiger partial charge on any atom is -0.505 e. The van der Waals surface area contributed by atoms with E-state index >= 15 is 0 Å². The van der Waals surface area contributed by atoms with Crippen molar-refractivity contribution in [2.45, 2.75) is 6.42 Å². The van der Waals surface area contributed by atoms with Gasteiger partial charge in [-0.15, -0.1) is 0 Å². The first-order valence-electron chi connectivity index (χ1n) is 3.26. The summed E-state index contributed by atoms with van der Waals surface area (Å²) in [6.07, 6.45) is 3.37. The van der Waals surface area contributed by atoms with Crippen LogP contribution in [0.2, 0.25) is 0 Å². The van der Waals surface area contributed by atoms with Crippen LogP contribution in [0.5, 0.6) is 5.75 Å². The first-order chi connectivity index (χ1) is 5.83. The summed E-state index contributed by atoms with van der Waals surface area (Å²) < 4.78 is 0. The van der Waals surface area contributed by atoms with Crippen molar-refractivity contribution in [2.24, 2.45) is 0 Å². The molecule has 0 unspecified atom stereocenters. The maximum absolute atomic E-state index is 9.87. The van der Waals surface area contributed by atoms with Gasteiger partial charge in [0.2, 0.25) is 5.82 Å². The highest BCUT2D eigenvalue weighted by Gasteiger charge is 1.89. The van der Waals surface area contributed by atoms with Gasteiger partial charge in [0, 0.05) is 0 Å². The molecule has 0 saturated heterocycles. The summed E-state index contributed by atoms with van der Waals surface area (Å²) in [5, 5.41) is 8.80. The third-order valence-corrected chi connectivity index (χ3v) is 1.02. The van der Waals surface area contributed by atoms with Crippen LogP contribution in [0.25, 0.3) is 0 Å². The lowest BCUT2D eigenvalue weighted by atomic mass is 10.4. The Balaban J connectivity index is 2.72. The average molecular weight is 162 g/mol. The van der Waals surface area contributed by atoms with E-state index < -0.39 is 0 Å². The Morgan fingerprint density at radius 2 is 2.17 bits per heavy atom. The standard InChI is InChI=1S/C8H6N2O2/c11-4-2-1-3-8-9-5-7(12)6-10-8/h4-6,12H,2H2. The van der Waals surface area contributed by atoms with Gasteiger partial charge in [-0.05, 0) is 5.92 Å². The summed E-state index contributed by atoms with van der Waals surface area (Å²) in [6.45, 7) is 0. The van der Waals surface area contributed by atoms with Crippen LogP contribution in [0.3, 0.4) is 0 Å². The van der Waals surface area contributed by atoms with E-state index in [1.807, 2.05) is 0 Å². The maximum Gasteiger partial charge on any atom is 0.205 e. The van der Waals surface area contributed by atoms with Crippen LogP contribution in [-0.4, -0.2) is 21.4 Å². The highest BCUT2D eigenvalue weighted by atomic mass is 16.3. The number of aldehydes is 1. The minimum absolute atomic E-state index is 0.00376. The molecule has 60 valence electrons. The van der Waals surface area contributed by atoms with Gasteiger partial charge < -0.3 is 9.90 Å². The number of rotatable bonds is 1. The second-order valence-electron chi connectivity index (χ2n) is 1.94. The Morgan fingerprint density at radius 1 is 1.50 bits per heavy atom. The molecule has 0 aliphatic carbocycles. The molecule has 12 heavy (non-hydrogen) atoms. The number of hydrogen-bond acceptors (Lipinski definition) is 4. The van der Waals surface area contributed by atoms with Crippen LogP contribution < -0.4 is 0 Å². The number of nitrogens with zero attached hydrogens (tertiary/aromatic N) is 2. The number of aromatic nitrogens is 2. The van der Waals surface area contributed by atoms with Crippen molar-refractivity contribution in [2.75, 3.05) is 0 Å². The zero-order valence-electron chi connectivity index (χ0n) is 6.19. The van der Waals surface area contributed by atoms with Gasteiger partial charge in [0.25, 0.3) is 0 Å². The van der Waals surface area contributed by atoms with E-state index in [1.165, 1.54) is 12.4 Å². The minimum atomic E-state index is -0.00376. The van der Waals surface area contributed by atoms with E-state index in [0.717, 1.165) is 0 Å². The van der Waals surface area contributed by atoms with Gasteiger partial charge in [0.15, 0.2) is 5.75 Å². The molecule has 0 spiro atoms. The van der Waals surface area contributed by atoms with Gasteiger partial charge in [-0.25, -0.2) is 9.97 Å². The van der Waals surface area contributed by atoms with E-state index in [2.05, 4.69) is 21.8 Å². The Bertz CT molecular complexity index is 321. The van der Waals surface area contributed by atoms with Crippen LogP contribution in [0, 0.1) is 11.8 Å². The molecule has 0 radical (unpaired) electrons. The summed E-state index contributed by atoms with van der Waals surface area (Å²) >= 11 is 0. The maximum atomic E-state index is 9.87. The Morgan fingerprint density at radius 3 is 2.75 bits per heavy atom. The van der Waals surface area contributed by atoms with Crippen LogP contribution in [0.4, 0.5) is 0 Å². The number of hydrogen-bond donors (Lipinski definition) is 1. The number of aromatic hydroxyl groups is 1. The lowest BCUT2D eigenvalue weighted by Crippen LogP contribution is -1.85. The van der Waals surface area contributed by atoms with Crippen LogP contribution in [0.1, 0.15) is 12.2 Å². The molecule has 1 heterocycles. The second-order valence-corrected chi connectivity index (χ2v) is 1.94. The van der Waals surface area contributed by atoms with E-state index in [0.29, 0.717) is 12.1 Å². The quantitative estimate of drug-likeness (QED) is 0.470. The lowest BCUT2D eigenvalue weighted by Gasteiger charge is -1.88. The Hall–Kier alpha value is -1.89. The SMILES string of the molecule is O=CCC#Cc1ncc(O)cn1. The highest BCUT2D eigenvalue weighted by molar-refractivity contribution is 5.54. The molecule has 0 fully saturated rings. The molecule has 4 heteroatoms. The predicted octanol–water partition coefficient (Wildman–Crippen LogP) is 0.123. The van der Waals surface area contributed by atoms with Gasteiger partial charge in [0.1, 0.15) is 6.29 Å². The van der Waals surface area contributed by atoms with E-state index in [1.54, 1.807) is 0 Å². The van der Waals surface area contributed by atoms with Crippen molar-refractivity contribution in [3.63, 3.8) is 0 Å². The number of carbonyl (C=O) groups excluding carboxylic acids is 1.